The molecule has 0 fully saturated rings. The highest BCUT2D eigenvalue weighted by atomic mass is 19.4. The zero-order valence-corrected chi connectivity index (χ0v) is 14.2. The van der Waals surface area contributed by atoms with Crippen LogP contribution in [0, 0.1) is 11.3 Å². The van der Waals surface area contributed by atoms with Crippen molar-refractivity contribution >= 4 is 23.2 Å². The second-order valence-electron chi connectivity index (χ2n) is 5.58. The van der Waals surface area contributed by atoms with E-state index in [9.17, 15) is 18.0 Å². The van der Waals surface area contributed by atoms with Crippen LogP contribution in [0.5, 0.6) is 0 Å². The molecule has 0 bridgehead atoms. The van der Waals surface area contributed by atoms with Crippen LogP contribution in [0.15, 0.2) is 60.8 Å². The highest BCUT2D eigenvalue weighted by molar-refractivity contribution is 6.03. The fourth-order valence-corrected chi connectivity index (χ4v) is 2.37. The highest BCUT2D eigenvalue weighted by Crippen LogP contribution is 2.34. The lowest BCUT2D eigenvalue weighted by molar-refractivity contribution is -0.136. The molecule has 140 valence electrons. The summed E-state index contributed by atoms with van der Waals surface area (Å²) in [4.78, 5) is 20.3. The Bertz CT molecular complexity index is 1060. The SMILES string of the molecule is N#Cc1cccc(Nc2nccc(C(=O)Nc3ccccc3C(F)(F)F)n2)c1. The van der Waals surface area contributed by atoms with Crippen molar-refractivity contribution in [2.45, 2.75) is 6.18 Å². The molecule has 0 aliphatic rings. The largest absolute Gasteiger partial charge is 0.418 e. The van der Waals surface area contributed by atoms with Crippen LogP contribution in [0.4, 0.5) is 30.5 Å². The van der Waals surface area contributed by atoms with Crippen LogP contribution in [0.1, 0.15) is 21.6 Å². The summed E-state index contributed by atoms with van der Waals surface area (Å²) in [7, 11) is 0. The Kier molecular flexibility index (Phi) is 5.22. The van der Waals surface area contributed by atoms with Crippen LogP contribution in [0.25, 0.3) is 0 Å². The van der Waals surface area contributed by atoms with Crippen molar-refractivity contribution in [1.29, 1.82) is 5.26 Å². The van der Waals surface area contributed by atoms with Crippen molar-refractivity contribution in [3.63, 3.8) is 0 Å². The topological polar surface area (TPSA) is 90.7 Å². The summed E-state index contributed by atoms with van der Waals surface area (Å²) < 4.78 is 39.2. The third-order valence-corrected chi connectivity index (χ3v) is 3.62. The van der Waals surface area contributed by atoms with Gasteiger partial charge in [0.25, 0.3) is 5.91 Å². The minimum absolute atomic E-state index is 0.0619. The molecule has 0 aliphatic heterocycles. The number of benzene rings is 2. The van der Waals surface area contributed by atoms with E-state index in [1.165, 1.54) is 24.4 Å². The van der Waals surface area contributed by atoms with E-state index in [2.05, 4.69) is 20.6 Å². The number of rotatable bonds is 4. The van der Waals surface area contributed by atoms with Gasteiger partial charge < -0.3 is 10.6 Å². The van der Waals surface area contributed by atoms with Gasteiger partial charge in [-0.1, -0.05) is 18.2 Å². The second-order valence-corrected chi connectivity index (χ2v) is 5.58. The molecule has 6 nitrogen and oxygen atoms in total. The number of halogens is 3. The number of nitriles is 1. The number of nitrogens with zero attached hydrogens (tertiary/aromatic N) is 3. The summed E-state index contributed by atoms with van der Waals surface area (Å²) in [5.41, 5.74) is -0.494. The highest BCUT2D eigenvalue weighted by Gasteiger charge is 2.33. The molecule has 28 heavy (non-hydrogen) atoms. The van der Waals surface area contributed by atoms with Crippen LogP contribution in [-0.4, -0.2) is 15.9 Å². The third-order valence-electron chi connectivity index (χ3n) is 3.62. The average Bonchev–Trinajstić information content (AvgIpc) is 2.68. The van der Waals surface area contributed by atoms with Gasteiger partial charge in [0, 0.05) is 11.9 Å². The van der Waals surface area contributed by atoms with Gasteiger partial charge >= 0.3 is 6.18 Å². The summed E-state index contributed by atoms with van der Waals surface area (Å²) in [5, 5.41) is 14.0. The van der Waals surface area contributed by atoms with Gasteiger partial charge in [-0.3, -0.25) is 4.79 Å². The number of carbonyl (C=O) groups is 1. The van der Waals surface area contributed by atoms with Crippen molar-refractivity contribution in [3.05, 3.63) is 77.6 Å². The van der Waals surface area contributed by atoms with E-state index in [0.717, 1.165) is 12.1 Å². The molecular weight excluding hydrogens is 371 g/mol. The summed E-state index contributed by atoms with van der Waals surface area (Å²) in [6, 6.07) is 14.5. The standard InChI is InChI=1S/C19H12F3N5O/c20-19(21,22)14-6-1-2-7-15(14)26-17(28)16-8-9-24-18(27-16)25-13-5-3-4-12(10-13)11-23/h1-10H,(H,26,28)(H,24,25,27). The molecule has 3 rings (SSSR count). The molecule has 2 N–H and O–H groups in total. The summed E-state index contributed by atoms with van der Waals surface area (Å²) in [6.07, 6.45) is -3.30. The van der Waals surface area contributed by atoms with Crippen LogP contribution in [0.3, 0.4) is 0 Å². The number of alkyl halides is 3. The molecule has 0 aliphatic carbocycles. The first kappa shape index (κ1) is 18.8. The summed E-state index contributed by atoms with van der Waals surface area (Å²) in [5.74, 6) is -0.750. The summed E-state index contributed by atoms with van der Waals surface area (Å²) in [6.45, 7) is 0. The molecule has 3 aromatic rings. The first-order valence-corrected chi connectivity index (χ1v) is 7.94. The molecule has 0 saturated heterocycles. The van der Waals surface area contributed by atoms with Gasteiger partial charge in [0.15, 0.2) is 0 Å². The first-order valence-electron chi connectivity index (χ1n) is 7.94. The molecule has 1 amide bonds. The molecule has 2 aromatic carbocycles. The quantitative estimate of drug-likeness (QED) is 0.698. The minimum atomic E-state index is -4.60. The van der Waals surface area contributed by atoms with Crippen molar-refractivity contribution in [3.8, 4) is 6.07 Å². The number of aromatic nitrogens is 2. The monoisotopic (exact) mass is 383 g/mol. The molecule has 1 aromatic heterocycles. The van der Waals surface area contributed by atoms with E-state index in [1.54, 1.807) is 24.3 Å². The Morgan fingerprint density at radius 2 is 1.86 bits per heavy atom. The molecule has 0 atom stereocenters. The van der Waals surface area contributed by atoms with Crippen LogP contribution < -0.4 is 10.6 Å². The third kappa shape index (κ3) is 4.42. The lowest BCUT2D eigenvalue weighted by Crippen LogP contribution is -2.18. The Hall–Kier alpha value is -3.93. The fourth-order valence-electron chi connectivity index (χ4n) is 2.37. The predicted molar refractivity (Wildman–Crippen MR) is 95.9 cm³/mol. The Balaban J connectivity index is 1.81. The van der Waals surface area contributed by atoms with Gasteiger partial charge in [-0.25, -0.2) is 9.97 Å². The molecule has 9 heteroatoms. The maximum absolute atomic E-state index is 13.1. The molecule has 0 radical (unpaired) electrons. The van der Waals surface area contributed by atoms with Crippen molar-refractivity contribution < 1.29 is 18.0 Å². The first-order chi connectivity index (χ1) is 13.4. The van der Waals surface area contributed by atoms with E-state index >= 15 is 0 Å². The lowest BCUT2D eigenvalue weighted by atomic mass is 10.1. The van der Waals surface area contributed by atoms with Crippen molar-refractivity contribution in [2.24, 2.45) is 0 Å². The number of nitrogens with one attached hydrogen (secondary N) is 2. The number of carbonyl (C=O) groups excluding carboxylic acids is 1. The Morgan fingerprint density at radius 3 is 2.61 bits per heavy atom. The number of amides is 1. The van der Waals surface area contributed by atoms with Crippen LogP contribution >= 0.6 is 0 Å². The fraction of sp³-hybridized carbons (Fsp3) is 0.0526. The molecule has 0 saturated carbocycles. The van der Waals surface area contributed by atoms with Gasteiger partial charge in [0.1, 0.15) is 5.69 Å². The molecule has 0 unspecified atom stereocenters. The van der Waals surface area contributed by atoms with E-state index in [0.29, 0.717) is 11.3 Å². The normalized spacial score (nSPS) is 10.8. The molecule has 1 heterocycles. The number of anilines is 3. The minimum Gasteiger partial charge on any atom is -0.324 e. The van der Waals surface area contributed by atoms with E-state index < -0.39 is 17.6 Å². The smallest absolute Gasteiger partial charge is 0.324 e. The average molecular weight is 383 g/mol. The molecular formula is C19H12F3N5O. The van der Waals surface area contributed by atoms with Crippen molar-refractivity contribution in [2.75, 3.05) is 10.6 Å². The zero-order chi connectivity index (χ0) is 20.1. The maximum atomic E-state index is 13.1. The van der Waals surface area contributed by atoms with Crippen molar-refractivity contribution in [1.82, 2.24) is 9.97 Å². The lowest BCUT2D eigenvalue weighted by Gasteiger charge is -2.13. The van der Waals surface area contributed by atoms with Gasteiger partial charge in [-0.05, 0) is 36.4 Å². The Morgan fingerprint density at radius 1 is 1.07 bits per heavy atom. The second kappa shape index (κ2) is 7.75. The van der Waals surface area contributed by atoms with Crippen LogP contribution in [-0.2, 0) is 6.18 Å². The number of hydrogen-bond donors (Lipinski definition) is 2. The van der Waals surface area contributed by atoms with E-state index in [1.807, 2.05) is 6.07 Å². The van der Waals surface area contributed by atoms with Crippen LogP contribution in [0.2, 0.25) is 0 Å². The molecule has 0 spiro atoms. The van der Waals surface area contributed by atoms with E-state index in [-0.39, 0.29) is 17.3 Å². The van der Waals surface area contributed by atoms with Gasteiger partial charge in [0.05, 0.1) is 22.9 Å². The number of para-hydroxylation sites is 1. The van der Waals surface area contributed by atoms with Gasteiger partial charge in [-0.2, -0.15) is 18.4 Å². The van der Waals surface area contributed by atoms with Gasteiger partial charge in [0.2, 0.25) is 5.95 Å². The zero-order valence-electron chi connectivity index (χ0n) is 14.2. The number of hydrogen-bond acceptors (Lipinski definition) is 5. The predicted octanol–water partition coefficient (Wildman–Crippen LogP) is 4.36. The summed E-state index contributed by atoms with van der Waals surface area (Å²) >= 11 is 0. The van der Waals surface area contributed by atoms with Gasteiger partial charge in [-0.15, -0.1) is 0 Å². The Labute approximate surface area is 157 Å². The van der Waals surface area contributed by atoms with E-state index in [4.69, 9.17) is 5.26 Å². The maximum Gasteiger partial charge on any atom is 0.418 e.